The van der Waals surface area contributed by atoms with Crippen molar-refractivity contribution < 1.29 is 0 Å². The quantitative estimate of drug-likeness (QED) is 0.171. The monoisotopic (exact) mass is 1290 g/mol. The Morgan fingerprint density at radius 2 is 0.560 bits per heavy atom. The first-order valence-corrected chi connectivity index (χ1v) is 33.8. The van der Waals surface area contributed by atoms with Crippen LogP contribution in [0.2, 0.25) is 0 Å². The minimum Gasteiger partial charge on any atom is -0.308 e. The number of fused-ring (bicyclic) bond motifs is 15. The van der Waals surface area contributed by atoms with Gasteiger partial charge < -0.3 is 22.8 Å². The van der Waals surface area contributed by atoms with Crippen molar-refractivity contribution in [2.75, 3.05) is 0 Å². The van der Waals surface area contributed by atoms with E-state index in [0.717, 1.165) is 27.6 Å². The fraction of sp³-hybridized carbons (Fsp3) is 0.0556. The summed E-state index contributed by atoms with van der Waals surface area (Å²) in [4.78, 5) is 21.6. The van der Waals surface area contributed by atoms with Gasteiger partial charge in [0.2, 0.25) is 0 Å². The Kier molecular flexibility index (Phi) is 16.6. The summed E-state index contributed by atoms with van der Waals surface area (Å²) in [5.41, 5.74) is 24.2. The van der Waals surface area contributed by atoms with E-state index in [0.29, 0.717) is 0 Å². The average Bonchev–Trinajstić information content (AvgIpc) is 1.61. The fourth-order valence-corrected chi connectivity index (χ4v) is 14.5. The number of pyridine rings is 5. The number of para-hydroxylation sites is 7. The Labute approximate surface area is 579 Å². The third-order valence-corrected chi connectivity index (χ3v) is 18.9. The number of rotatable bonds is 5. The van der Waals surface area contributed by atoms with Crippen LogP contribution in [-0.2, 0) is 0 Å². The summed E-state index contributed by atoms with van der Waals surface area (Å²) < 4.78 is 11.4. The molecule has 10 nitrogen and oxygen atoms in total. The maximum absolute atomic E-state index is 4.37. The minimum absolute atomic E-state index is 1.15. The summed E-state index contributed by atoms with van der Waals surface area (Å²) in [5.74, 6) is 0. The first-order chi connectivity index (χ1) is 49.3. The number of aromatic nitrogens is 10. The lowest BCUT2D eigenvalue weighted by atomic mass is 10.1. The van der Waals surface area contributed by atoms with Gasteiger partial charge in [0.15, 0.2) is 0 Å². The molecule has 0 amide bonds. The molecule has 20 rings (SSSR count). The van der Waals surface area contributed by atoms with Crippen molar-refractivity contribution in [1.29, 1.82) is 0 Å². The van der Waals surface area contributed by atoms with Gasteiger partial charge in [-0.15, -0.1) is 0 Å². The zero-order valence-electron chi connectivity index (χ0n) is 56.2. The van der Waals surface area contributed by atoms with E-state index < -0.39 is 0 Å². The van der Waals surface area contributed by atoms with Crippen molar-refractivity contribution in [1.82, 2.24) is 47.8 Å². The predicted molar refractivity (Wildman–Crippen MR) is 417 cm³/mol. The molecule has 0 aliphatic heterocycles. The molecule has 0 radical (unpaired) electrons. The molecule has 0 N–H and O–H groups in total. The molecule has 0 saturated heterocycles. The summed E-state index contributed by atoms with van der Waals surface area (Å²) in [6, 6.07) is 95.3. The molecule has 0 fully saturated rings. The highest BCUT2D eigenvalue weighted by Gasteiger charge is 2.18. The summed E-state index contributed by atoms with van der Waals surface area (Å²) >= 11 is 0. The second-order valence-electron chi connectivity index (χ2n) is 25.3. The van der Waals surface area contributed by atoms with Gasteiger partial charge in [-0.25, -0.2) is 0 Å². The van der Waals surface area contributed by atoms with E-state index in [-0.39, 0.29) is 0 Å². The zero-order valence-corrected chi connectivity index (χ0v) is 56.2. The highest BCUT2D eigenvalue weighted by Crippen LogP contribution is 2.38. The molecule has 10 aromatic heterocycles. The molecule has 100 heavy (non-hydrogen) atoms. The van der Waals surface area contributed by atoms with Crippen molar-refractivity contribution in [2.45, 2.75) is 34.6 Å². The first-order valence-electron chi connectivity index (χ1n) is 33.8. The van der Waals surface area contributed by atoms with E-state index in [9.17, 15) is 0 Å². The Hall–Kier alpha value is -13.1. The van der Waals surface area contributed by atoms with Crippen LogP contribution >= 0.6 is 0 Å². The van der Waals surface area contributed by atoms with Crippen molar-refractivity contribution in [2.24, 2.45) is 0 Å². The van der Waals surface area contributed by atoms with Crippen LogP contribution in [0, 0.1) is 34.6 Å². The summed E-state index contributed by atoms with van der Waals surface area (Å²) in [6.45, 7) is 10.7. The standard InChI is InChI=1S/5C18H14N2/c1-13-6-5-9-16-18(13)15-10-11-19-12-17(15)20(16)14-7-3-2-4-8-14;1-13-6-5-9-16-15-10-11-19-12-17(15)20(18(13)16)14-7-3-2-4-8-14;1-13-11-19-12-17-18(13)15-9-5-6-10-16(15)20(17)14-7-3-2-4-8-14;1-13-7-8-17-16(11-13)15-9-10-19-12-18(15)20(17)14-5-3-2-4-6-14;1-13-7-8-15-16-9-10-19-12-18(16)20(17(15)11-13)14-5-3-2-4-6-14/h5*2-12H,1H3. The summed E-state index contributed by atoms with van der Waals surface area (Å²) in [6.07, 6.45) is 19.1. The molecule has 480 valence electrons. The van der Waals surface area contributed by atoms with Crippen LogP contribution in [0.4, 0.5) is 0 Å². The van der Waals surface area contributed by atoms with Crippen LogP contribution in [0.5, 0.6) is 0 Å². The van der Waals surface area contributed by atoms with Crippen LogP contribution in [0.25, 0.3) is 137 Å². The Morgan fingerprint density at radius 3 is 1.14 bits per heavy atom. The zero-order chi connectivity index (χ0) is 67.6. The molecule has 0 saturated carbocycles. The van der Waals surface area contributed by atoms with Gasteiger partial charge in [-0.2, -0.15) is 0 Å². The Balaban J connectivity index is 0.0000000972. The molecule has 0 aliphatic carbocycles. The number of aryl methyl sites for hydroxylation is 5. The minimum atomic E-state index is 1.15. The van der Waals surface area contributed by atoms with Gasteiger partial charge in [-0.1, -0.05) is 163 Å². The lowest BCUT2D eigenvalue weighted by Crippen LogP contribution is -1.94. The van der Waals surface area contributed by atoms with Crippen LogP contribution in [0.15, 0.2) is 335 Å². The Bertz CT molecular complexity index is 6090. The molecule has 10 aromatic carbocycles. The van der Waals surface area contributed by atoms with Gasteiger partial charge in [0.05, 0.1) is 86.2 Å². The third-order valence-electron chi connectivity index (χ3n) is 18.9. The molecule has 0 atom stereocenters. The molecule has 0 aliphatic rings. The molecular weight excluding hydrogens is 1220 g/mol. The van der Waals surface area contributed by atoms with Crippen LogP contribution in [0.1, 0.15) is 27.8 Å². The summed E-state index contributed by atoms with van der Waals surface area (Å²) in [5, 5.41) is 12.7. The second-order valence-corrected chi connectivity index (χ2v) is 25.3. The van der Waals surface area contributed by atoms with Gasteiger partial charge in [0, 0.05) is 113 Å². The maximum Gasteiger partial charge on any atom is 0.0727 e. The molecule has 10 heterocycles. The second kappa shape index (κ2) is 26.9. The van der Waals surface area contributed by atoms with Crippen LogP contribution in [0.3, 0.4) is 0 Å². The van der Waals surface area contributed by atoms with Crippen LogP contribution in [-0.4, -0.2) is 47.8 Å². The molecule has 10 heteroatoms. The Morgan fingerprint density at radius 1 is 0.200 bits per heavy atom. The SMILES string of the molecule is Cc1ccc2c(c1)c1ccncc1n2-c1ccccc1.Cc1ccc2c3ccncc3n(-c3ccccc3)c2c1.Cc1cccc2c1c1ccncc1n2-c1ccccc1.Cc1cccc2c3ccncc3n(-c3ccccc3)c12.Cc1cncc2c1c1ccccc1n2-c1ccccc1. The normalized spacial score (nSPS) is 11.2. The molecule has 0 unspecified atom stereocenters. The number of hydrogen-bond acceptors (Lipinski definition) is 5. The topological polar surface area (TPSA) is 89.1 Å². The van der Waals surface area contributed by atoms with E-state index in [1.165, 1.54) is 138 Å². The number of nitrogens with zero attached hydrogens (tertiary/aromatic N) is 10. The first kappa shape index (κ1) is 61.8. The van der Waals surface area contributed by atoms with Gasteiger partial charge in [-0.05, 0) is 172 Å². The van der Waals surface area contributed by atoms with Crippen molar-refractivity contribution >= 4 is 109 Å². The lowest BCUT2D eigenvalue weighted by Gasteiger charge is -2.08. The van der Waals surface area contributed by atoms with E-state index in [2.05, 4.69) is 325 Å². The van der Waals surface area contributed by atoms with E-state index in [1.54, 1.807) is 0 Å². The van der Waals surface area contributed by atoms with Crippen molar-refractivity contribution in [3.8, 4) is 28.4 Å². The third kappa shape index (κ3) is 11.3. The van der Waals surface area contributed by atoms with Crippen molar-refractivity contribution in [3.05, 3.63) is 363 Å². The molecule has 0 bridgehead atoms. The fourth-order valence-electron chi connectivity index (χ4n) is 14.5. The number of benzene rings is 10. The molecular formula is C90H70N10. The predicted octanol–water partition coefficient (Wildman–Crippen LogP) is 22.4. The van der Waals surface area contributed by atoms with E-state index in [4.69, 9.17) is 0 Å². The molecule has 20 aromatic rings. The smallest absolute Gasteiger partial charge is 0.0727 e. The molecule has 0 spiro atoms. The van der Waals surface area contributed by atoms with E-state index in [1.807, 2.05) is 92.3 Å². The van der Waals surface area contributed by atoms with Crippen molar-refractivity contribution in [3.63, 3.8) is 0 Å². The van der Waals surface area contributed by atoms with E-state index >= 15 is 0 Å². The van der Waals surface area contributed by atoms with Gasteiger partial charge in [0.25, 0.3) is 0 Å². The highest BCUT2D eigenvalue weighted by atomic mass is 15.0. The van der Waals surface area contributed by atoms with Gasteiger partial charge >= 0.3 is 0 Å². The number of hydrogen-bond donors (Lipinski definition) is 0. The van der Waals surface area contributed by atoms with Crippen LogP contribution < -0.4 is 0 Å². The van der Waals surface area contributed by atoms with Gasteiger partial charge in [-0.3, -0.25) is 24.9 Å². The summed E-state index contributed by atoms with van der Waals surface area (Å²) in [7, 11) is 0. The maximum atomic E-state index is 4.37. The highest BCUT2D eigenvalue weighted by molar-refractivity contribution is 6.14. The lowest BCUT2D eigenvalue weighted by molar-refractivity contribution is 1.16. The van der Waals surface area contributed by atoms with Gasteiger partial charge in [0.1, 0.15) is 0 Å². The average molecular weight is 1290 g/mol. The largest absolute Gasteiger partial charge is 0.308 e.